The van der Waals surface area contributed by atoms with Gasteiger partial charge in [-0.15, -0.1) is 0 Å². The van der Waals surface area contributed by atoms with Crippen molar-refractivity contribution in [2.45, 2.75) is 25.4 Å². The van der Waals surface area contributed by atoms with Gasteiger partial charge in [0.25, 0.3) is 0 Å². The highest BCUT2D eigenvalue weighted by molar-refractivity contribution is 5.88. The number of anilines is 1. The zero-order chi connectivity index (χ0) is 14.0. The molecule has 0 saturated heterocycles. The number of aromatic carboxylic acids is 1. The number of carboxylic acid groups (broad SMARTS) is 1. The fraction of sp³-hybridized carbons (Fsp3) is 0.462. The zero-order valence-corrected chi connectivity index (χ0v) is 10.2. The van der Waals surface area contributed by atoms with Crippen LogP contribution in [0.1, 0.15) is 29.6 Å². The first kappa shape index (κ1) is 13.7. The van der Waals surface area contributed by atoms with Gasteiger partial charge in [0.1, 0.15) is 17.3 Å². The van der Waals surface area contributed by atoms with Crippen molar-refractivity contribution in [3.8, 4) is 0 Å². The van der Waals surface area contributed by atoms with Crippen molar-refractivity contribution in [1.82, 2.24) is 0 Å². The molecule has 3 N–H and O–H groups in total. The summed E-state index contributed by atoms with van der Waals surface area (Å²) < 4.78 is 27.2. The van der Waals surface area contributed by atoms with Gasteiger partial charge in [-0.25, -0.2) is 13.6 Å². The molecule has 1 aromatic carbocycles. The van der Waals surface area contributed by atoms with Crippen LogP contribution in [0, 0.1) is 17.6 Å². The normalized spacial score (nSPS) is 22.5. The highest BCUT2D eigenvalue weighted by Crippen LogP contribution is 2.27. The second-order valence-corrected chi connectivity index (χ2v) is 4.83. The summed E-state index contributed by atoms with van der Waals surface area (Å²) in [5, 5.41) is 20.7. The Morgan fingerprint density at radius 2 is 1.95 bits per heavy atom. The van der Waals surface area contributed by atoms with Crippen LogP contribution < -0.4 is 5.32 Å². The Morgan fingerprint density at radius 1 is 1.32 bits per heavy atom. The maximum atomic E-state index is 13.6. The van der Waals surface area contributed by atoms with Crippen LogP contribution in [0.25, 0.3) is 0 Å². The highest BCUT2D eigenvalue weighted by Gasteiger charge is 2.23. The molecule has 0 radical (unpaired) electrons. The molecular formula is C13H15F2NO3. The van der Waals surface area contributed by atoms with Crippen LogP contribution in [0.5, 0.6) is 0 Å². The predicted molar refractivity (Wildman–Crippen MR) is 65.2 cm³/mol. The molecule has 2 atom stereocenters. The molecule has 0 heterocycles. The number of carboxylic acids is 1. The summed E-state index contributed by atoms with van der Waals surface area (Å²) in [6.45, 7) is 0.358. The van der Waals surface area contributed by atoms with Crippen molar-refractivity contribution < 1.29 is 23.8 Å². The minimum absolute atomic E-state index is 0.174. The number of halogens is 2. The standard InChI is InChI=1S/C13H15F2NO3/c14-10-4-8(13(18)19)5-11(15)12(10)16-6-7-1-2-9(17)3-7/h4-5,7,9,16-17H,1-3,6H2,(H,18,19). The van der Waals surface area contributed by atoms with E-state index in [9.17, 15) is 18.7 Å². The maximum Gasteiger partial charge on any atom is 0.335 e. The van der Waals surface area contributed by atoms with Crippen LogP contribution in [-0.4, -0.2) is 28.8 Å². The number of aliphatic hydroxyl groups excluding tert-OH is 1. The Kier molecular flexibility index (Phi) is 3.99. The minimum atomic E-state index is -1.37. The van der Waals surface area contributed by atoms with Crippen LogP contribution >= 0.6 is 0 Å². The molecule has 19 heavy (non-hydrogen) atoms. The molecular weight excluding hydrogens is 256 g/mol. The summed E-state index contributed by atoms with van der Waals surface area (Å²) in [5.74, 6) is -3.04. The average Bonchev–Trinajstić information content (AvgIpc) is 2.73. The zero-order valence-electron chi connectivity index (χ0n) is 10.2. The number of carbonyl (C=O) groups is 1. The predicted octanol–water partition coefficient (Wildman–Crippen LogP) is 2.24. The number of nitrogens with one attached hydrogen (secondary N) is 1. The second kappa shape index (κ2) is 5.52. The Morgan fingerprint density at radius 3 is 2.42 bits per heavy atom. The van der Waals surface area contributed by atoms with Gasteiger partial charge in [0, 0.05) is 6.54 Å². The van der Waals surface area contributed by atoms with Gasteiger partial charge in [0.05, 0.1) is 11.7 Å². The van der Waals surface area contributed by atoms with E-state index in [2.05, 4.69) is 5.32 Å². The lowest BCUT2D eigenvalue weighted by Crippen LogP contribution is -2.15. The Labute approximate surface area is 109 Å². The van der Waals surface area contributed by atoms with E-state index < -0.39 is 23.2 Å². The van der Waals surface area contributed by atoms with E-state index >= 15 is 0 Å². The third kappa shape index (κ3) is 3.20. The highest BCUT2D eigenvalue weighted by atomic mass is 19.1. The topological polar surface area (TPSA) is 69.6 Å². The van der Waals surface area contributed by atoms with Gasteiger partial charge in [-0.05, 0) is 37.3 Å². The van der Waals surface area contributed by atoms with Crippen molar-refractivity contribution in [1.29, 1.82) is 0 Å². The molecule has 2 unspecified atom stereocenters. The SMILES string of the molecule is O=C(O)c1cc(F)c(NCC2CCC(O)C2)c(F)c1. The number of hydrogen-bond acceptors (Lipinski definition) is 3. The molecule has 0 aliphatic heterocycles. The maximum absolute atomic E-state index is 13.6. The molecule has 1 aliphatic carbocycles. The summed E-state index contributed by atoms with van der Waals surface area (Å²) in [7, 11) is 0. The fourth-order valence-corrected chi connectivity index (χ4v) is 2.35. The van der Waals surface area contributed by atoms with E-state index in [1.807, 2.05) is 0 Å². The van der Waals surface area contributed by atoms with Crippen LogP contribution in [-0.2, 0) is 0 Å². The summed E-state index contributed by atoms with van der Waals surface area (Å²) in [6, 6.07) is 1.58. The first-order valence-corrected chi connectivity index (χ1v) is 6.11. The fourth-order valence-electron chi connectivity index (χ4n) is 2.35. The average molecular weight is 271 g/mol. The van der Waals surface area contributed by atoms with Crippen molar-refractivity contribution in [2.75, 3.05) is 11.9 Å². The van der Waals surface area contributed by atoms with Crippen LogP contribution in [0.2, 0.25) is 0 Å². The van der Waals surface area contributed by atoms with Gasteiger partial charge in [-0.1, -0.05) is 0 Å². The van der Waals surface area contributed by atoms with E-state index in [1.54, 1.807) is 0 Å². The van der Waals surface area contributed by atoms with Gasteiger partial charge < -0.3 is 15.5 Å². The summed E-state index contributed by atoms with van der Waals surface area (Å²) in [4.78, 5) is 10.6. The summed E-state index contributed by atoms with van der Waals surface area (Å²) in [5.41, 5.74) is -0.733. The second-order valence-electron chi connectivity index (χ2n) is 4.83. The molecule has 4 nitrogen and oxygen atoms in total. The first-order chi connectivity index (χ1) is 8.97. The molecule has 0 aromatic heterocycles. The number of rotatable bonds is 4. The Balaban J connectivity index is 2.06. The summed E-state index contributed by atoms with van der Waals surface area (Å²) >= 11 is 0. The smallest absolute Gasteiger partial charge is 0.335 e. The molecule has 1 saturated carbocycles. The third-order valence-corrected chi connectivity index (χ3v) is 3.37. The molecule has 1 fully saturated rings. The Bertz CT molecular complexity index is 470. The number of hydrogen-bond donors (Lipinski definition) is 3. The van der Waals surface area contributed by atoms with Crippen LogP contribution in [0.15, 0.2) is 12.1 Å². The lowest BCUT2D eigenvalue weighted by molar-refractivity contribution is 0.0695. The molecule has 2 rings (SSSR count). The molecule has 0 bridgehead atoms. The van der Waals surface area contributed by atoms with Gasteiger partial charge in [-0.3, -0.25) is 0 Å². The summed E-state index contributed by atoms with van der Waals surface area (Å²) in [6.07, 6.45) is 1.79. The van der Waals surface area contributed by atoms with E-state index in [1.165, 1.54) is 0 Å². The lowest BCUT2D eigenvalue weighted by Gasteiger charge is -2.13. The molecule has 1 aliphatic rings. The van der Waals surface area contributed by atoms with Gasteiger partial charge in [0.15, 0.2) is 0 Å². The Hall–Kier alpha value is -1.69. The van der Waals surface area contributed by atoms with E-state index in [4.69, 9.17) is 5.11 Å². The van der Waals surface area contributed by atoms with Crippen molar-refractivity contribution in [3.05, 3.63) is 29.3 Å². The monoisotopic (exact) mass is 271 g/mol. The minimum Gasteiger partial charge on any atom is -0.478 e. The van der Waals surface area contributed by atoms with Crippen molar-refractivity contribution in [3.63, 3.8) is 0 Å². The third-order valence-electron chi connectivity index (χ3n) is 3.37. The first-order valence-electron chi connectivity index (χ1n) is 6.11. The quantitative estimate of drug-likeness (QED) is 0.785. The number of benzene rings is 1. The van der Waals surface area contributed by atoms with E-state index in [0.717, 1.165) is 18.6 Å². The van der Waals surface area contributed by atoms with E-state index in [0.29, 0.717) is 19.4 Å². The van der Waals surface area contributed by atoms with Crippen molar-refractivity contribution in [2.24, 2.45) is 5.92 Å². The lowest BCUT2D eigenvalue weighted by atomic mass is 10.1. The van der Waals surface area contributed by atoms with Crippen LogP contribution in [0.3, 0.4) is 0 Å². The molecule has 1 aromatic rings. The molecule has 0 spiro atoms. The van der Waals surface area contributed by atoms with Gasteiger partial charge in [-0.2, -0.15) is 0 Å². The van der Waals surface area contributed by atoms with Gasteiger partial charge >= 0.3 is 5.97 Å². The number of aliphatic hydroxyl groups is 1. The molecule has 6 heteroatoms. The molecule has 0 amide bonds. The van der Waals surface area contributed by atoms with E-state index in [-0.39, 0.29) is 17.7 Å². The van der Waals surface area contributed by atoms with Crippen LogP contribution in [0.4, 0.5) is 14.5 Å². The largest absolute Gasteiger partial charge is 0.478 e. The van der Waals surface area contributed by atoms with Crippen molar-refractivity contribution >= 4 is 11.7 Å². The molecule has 104 valence electrons. The van der Waals surface area contributed by atoms with Gasteiger partial charge in [0.2, 0.25) is 0 Å².